The van der Waals surface area contributed by atoms with E-state index in [-0.39, 0.29) is 24.0 Å². The van der Waals surface area contributed by atoms with Crippen molar-refractivity contribution >= 4 is 23.5 Å². The molecule has 1 heterocycles. The minimum absolute atomic E-state index is 0.101. The van der Waals surface area contributed by atoms with Crippen LogP contribution in [-0.2, 0) is 11.2 Å². The Balaban J connectivity index is 1.97. The Morgan fingerprint density at radius 3 is 3.16 bits per heavy atom. The number of terminal acetylenes is 1. The van der Waals surface area contributed by atoms with Crippen LogP contribution in [0.2, 0.25) is 0 Å². The summed E-state index contributed by atoms with van der Waals surface area (Å²) in [6, 6.07) is 0. The zero-order valence-corrected chi connectivity index (χ0v) is 11.1. The number of aromatic nitrogens is 2. The minimum atomic E-state index is -0.152. The van der Waals surface area contributed by atoms with Crippen molar-refractivity contribution in [3.05, 3.63) is 17.5 Å². The van der Waals surface area contributed by atoms with E-state index in [2.05, 4.69) is 21.2 Å². The Kier molecular flexibility index (Phi) is 4.53. The lowest BCUT2D eigenvalue weighted by Gasteiger charge is -2.13. The number of carbonyl (C=O) groups is 2. The first kappa shape index (κ1) is 13.6. The first-order chi connectivity index (χ1) is 9.20. The van der Waals surface area contributed by atoms with E-state index in [1.54, 1.807) is 6.20 Å². The number of hydrogen-bond acceptors (Lipinski definition) is 5. The summed E-state index contributed by atoms with van der Waals surface area (Å²) in [4.78, 5) is 31.4. The molecule has 6 heteroatoms. The van der Waals surface area contributed by atoms with Crippen LogP contribution >= 0.6 is 11.8 Å². The van der Waals surface area contributed by atoms with Gasteiger partial charge in [-0.3, -0.25) is 9.59 Å². The summed E-state index contributed by atoms with van der Waals surface area (Å²) < 4.78 is 0. The SMILES string of the molecule is C#CCNC(=O)CSc1ncc2c(n1)CCCC2=O. The fourth-order valence-corrected chi connectivity index (χ4v) is 2.44. The van der Waals surface area contributed by atoms with Crippen molar-refractivity contribution in [1.29, 1.82) is 0 Å². The summed E-state index contributed by atoms with van der Waals surface area (Å²) in [7, 11) is 0. The molecule has 0 saturated heterocycles. The highest BCUT2D eigenvalue weighted by Crippen LogP contribution is 2.21. The van der Waals surface area contributed by atoms with Crippen molar-refractivity contribution < 1.29 is 9.59 Å². The van der Waals surface area contributed by atoms with Gasteiger partial charge in [-0.25, -0.2) is 9.97 Å². The molecule has 1 N–H and O–H groups in total. The van der Waals surface area contributed by atoms with Crippen LogP contribution in [-0.4, -0.2) is 34.0 Å². The van der Waals surface area contributed by atoms with Crippen LogP contribution in [0.1, 0.15) is 28.9 Å². The number of ketones is 1. The normalized spacial score (nSPS) is 13.5. The summed E-state index contributed by atoms with van der Waals surface area (Å²) in [5, 5.41) is 3.08. The molecule has 98 valence electrons. The summed E-state index contributed by atoms with van der Waals surface area (Å²) in [6.07, 6.45) is 8.79. The summed E-state index contributed by atoms with van der Waals surface area (Å²) >= 11 is 1.24. The molecule has 2 rings (SSSR count). The van der Waals surface area contributed by atoms with Crippen LogP contribution in [0.3, 0.4) is 0 Å². The van der Waals surface area contributed by atoms with Crippen LogP contribution in [0.25, 0.3) is 0 Å². The lowest BCUT2D eigenvalue weighted by atomic mass is 9.96. The third-order valence-electron chi connectivity index (χ3n) is 2.68. The molecule has 19 heavy (non-hydrogen) atoms. The number of amides is 1. The number of aryl methyl sites for hydroxylation is 1. The van der Waals surface area contributed by atoms with Gasteiger partial charge < -0.3 is 5.32 Å². The fraction of sp³-hybridized carbons (Fsp3) is 0.385. The molecule has 0 aromatic carbocycles. The molecule has 0 saturated carbocycles. The molecule has 1 amide bonds. The molecule has 0 spiro atoms. The predicted molar refractivity (Wildman–Crippen MR) is 71.9 cm³/mol. The van der Waals surface area contributed by atoms with Gasteiger partial charge in [-0.2, -0.15) is 0 Å². The molecule has 0 radical (unpaired) electrons. The standard InChI is InChI=1S/C13H13N3O2S/c1-2-6-14-12(18)8-19-13-15-7-9-10(16-13)4-3-5-11(9)17/h1,7H,3-6,8H2,(H,14,18). The fourth-order valence-electron chi connectivity index (χ4n) is 1.77. The van der Waals surface area contributed by atoms with E-state index in [0.717, 1.165) is 18.5 Å². The monoisotopic (exact) mass is 275 g/mol. The largest absolute Gasteiger partial charge is 0.344 e. The van der Waals surface area contributed by atoms with Gasteiger partial charge in [-0.05, 0) is 12.8 Å². The summed E-state index contributed by atoms with van der Waals surface area (Å²) in [5.41, 5.74) is 1.41. The second-order valence-electron chi connectivity index (χ2n) is 4.06. The highest BCUT2D eigenvalue weighted by molar-refractivity contribution is 7.99. The Bertz CT molecular complexity index is 551. The van der Waals surface area contributed by atoms with Crippen molar-refractivity contribution in [1.82, 2.24) is 15.3 Å². The van der Waals surface area contributed by atoms with Gasteiger partial charge in [-0.1, -0.05) is 17.7 Å². The van der Waals surface area contributed by atoms with Crippen molar-refractivity contribution in [3.8, 4) is 12.3 Å². The van der Waals surface area contributed by atoms with Crippen molar-refractivity contribution in [3.63, 3.8) is 0 Å². The predicted octanol–water partition coefficient (Wildman–Crippen LogP) is 0.837. The van der Waals surface area contributed by atoms with Crippen molar-refractivity contribution in [2.75, 3.05) is 12.3 Å². The zero-order valence-electron chi connectivity index (χ0n) is 10.3. The van der Waals surface area contributed by atoms with Gasteiger partial charge in [0, 0.05) is 12.6 Å². The summed E-state index contributed by atoms with van der Waals surface area (Å²) in [5.74, 6) is 2.50. The lowest BCUT2D eigenvalue weighted by Crippen LogP contribution is -2.25. The number of nitrogens with one attached hydrogen (secondary N) is 1. The lowest BCUT2D eigenvalue weighted by molar-refractivity contribution is -0.118. The number of carbonyl (C=O) groups excluding carboxylic acids is 2. The first-order valence-corrected chi connectivity index (χ1v) is 6.91. The van der Waals surface area contributed by atoms with Crippen LogP contribution in [0.5, 0.6) is 0 Å². The molecule has 0 unspecified atom stereocenters. The van der Waals surface area contributed by atoms with E-state index in [0.29, 0.717) is 17.1 Å². The average Bonchev–Trinajstić information content (AvgIpc) is 2.43. The Hall–Kier alpha value is -1.87. The molecule has 1 aromatic rings. The molecule has 1 aromatic heterocycles. The topological polar surface area (TPSA) is 72.0 Å². The number of fused-ring (bicyclic) bond motifs is 1. The molecule has 1 aliphatic rings. The van der Waals surface area contributed by atoms with E-state index in [9.17, 15) is 9.59 Å². The highest BCUT2D eigenvalue weighted by Gasteiger charge is 2.19. The molecule has 0 aliphatic heterocycles. The number of rotatable bonds is 4. The number of hydrogen-bond donors (Lipinski definition) is 1. The Morgan fingerprint density at radius 1 is 1.53 bits per heavy atom. The first-order valence-electron chi connectivity index (χ1n) is 5.93. The maximum absolute atomic E-state index is 11.6. The number of nitrogens with zero attached hydrogens (tertiary/aromatic N) is 2. The van der Waals surface area contributed by atoms with Gasteiger partial charge in [0.2, 0.25) is 5.91 Å². The Labute approximate surface area is 115 Å². The molecule has 5 nitrogen and oxygen atoms in total. The van der Waals surface area contributed by atoms with Crippen LogP contribution in [0.15, 0.2) is 11.4 Å². The molecule has 0 bridgehead atoms. The van der Waals surface area contributed by atoms with Crippen LogP contribution in [0.4, 0.5) is 0 Å². The highest BCUT2D eigenvalue weighted by atomic mass is 32.2. The molecular weight excluding hydrogens is 262 g/mol. The average molecular weight is 275 g/mol. The number of Topliss-reactive ketones (excluding diaryl/α,β-unsaturated/α-hetero) is 1. The third-order valence-corrected chi connectivity index (χ3v) is 3.54. The van der Waals surface area contributed by atoms with Crippen molar-refractivity contribution in [2.24, 2.45) is 0 Å². The van der Waals surface area contributed by atoms with E-state index >= 15 is 0 Å². The number of thioether (sulfide) groups is 1. The van der Waals surface area contributed by atoms with Gasteiger partial charge in [0.15, 0.2) is 10.9 Å². The molecule has 1 aliphatic carbocycles. The molecule has 0 fully saturated rings. The van der Waals surface area contributed by atoms with Crippen molar-refractivity contribution in [2.45, 2.75) is 24.4 Å². The van der Waals surface area contributed by atoms with E-state index < -0.39 is 0 Å². The maximum atomic E-state index is 11.6. The van der Waals surface area contributed by atoms with Gasteiger partial charge in [0.25, 0.3) is 0 Å². The van der Waals surface area contributed by atoms with E-state index in [1.165, 1.54) is 11.8 Å². The third kappa shape index (κ3) is 3.55. The maximum Gasteiger partial charge on any atom is 0.231 e. The van der Waals surface area contributed by atoms with Crippen LogP contribution < -0.4 is 5.32 Å². The van der Waals surface area contributed by atoms with E-state index in [4.69, 9.17) is 6.42 Å². The molecular formula is C13H13N3O2S. The smallest absolute Gasteiger partial charge is 0.231 e. The van der Waals surface area contributed by atoms with Gasteiger partial charge >= 0.3 is 0 Å². The minimum Gasteiger partial charge on any atom is -0.344 e. The second kappa shape index (κ2) is 6.34. The van der Waals surface area contributed by atoms with Gasteiger partial charge in [0.05, 0.1) is 23.6 Å². The van der Waals surface area contributed by atoms with Gasteiger partial charge in [0.1, 0.15) is 0 Å². The quantitative estimate of drug-likeness (QED) is 0.501. The zero-order chi connectivity index (χ0) is 13.7. The Morgan fingerprint density at radius 2 is 2.37 bits per heavy atom. The molecule has 0 atom stereocenters. The summed E-state index contributed by atoms with van der Waals surface area (Å²) in [6.45, 7) is 0.221. The second-order valence-corrected chi connectivity index (χ2v) is 5.00. The van der Waals surface area contributed by atoms with Crippen LogP contribution in [0, 0.1) is 12.3 Å². The van der Waals surface area contributed by atoms with Gasteiger partial charge in [-0.15, -0.1) is 6.42 Å². The van der Waals surface area contributed by atoms with E-state index in [1.807, 2.05) is 0 Å².